The van der Waals surface area contributed by atoms with Crippen LogP contribution in [0.1, 0.15) is 51.2 Å². The molecule has 0 saturated carbocycles. The van der Waals surface area contributed by atoms with E-state index >= 15 is 4.79 Å². The van der Waals surface area contributed by atoms with Crippen LogP contribution in [-0.2, 0) is 14.4 Å². The van der Waals surface area contributed by atoms with Gasteiger partial charge in [0.05, 0.1) is 35.8 Å². The van der Waals surface area contributed by atoms with Crippen molar-refractivity contribution in [3.63, 3.8) is 0 Å². The van der Waals surface area contributed by atoms with Crippen LogP contribution in [0.5, 0.6) is 5.75 Å². The standard InChI is InChI=1S/C37H47N3O5S/c1-8-20-38(27-14-16-28(17-15-27)45-11-4)33(42)30-31-34(43)40(26(10-3)23-41)32(37(31)19-18-36(30,7)46-37)35(44)39(21-9-2)29-22-24(5)12-13-25(29)6/h8-9,12-17,22,26,30-32,41H,1-2,10-11,18-21,23H2,3-7H3/t26-,30-,31-,32?,36+,37?/m0/s1. The molecule has 0 aromatic heterocycles. The number of hydrogen-bond acceptors (Lipinski definition) is 6. The minimum Gasteiger partial charge on any atom is -0.494 e. The molecule has 8 nitrogen and oxygen atoms in total. The molecule has 3 amide bonds. The van der Waals surface area contributed by atoms with E-state index in [0.29, 0.717) is 37.3 Å². The summed E-state index contributed by atoms with van der Waals surface area (Å²) in [5.41, 5.74) is 3.44. The van der Waals surface area contributed by atoms with Gasteiger partial charge in [0.15, 0.2) is 0 Å². The molecule has 3 fully saturated rings. The number of fused-ring (bicyclic) bond motifs is 1. The zero-order chi connectivity index (χ0) is 33.4. The number of thioether (sulfide) groups is 1. The van der Waals surface area contributed by atoms with Gasteiger partial charge in [-0.25, -0.2) is 0 Å². The Kier molecular flexibility index (Phi) is 9.76. The van der Waals surface area contributed by atoms with Gasteiger partial charge >= 0.3 is 0 Å². The van der Waals surface area contributed by atoms with Crippen molar-refractivity contribution in [2.24, 2.45) is 11.8 Å². The summed E-state index contributed by atoms with van der Waals surface area (Å²) in [6, 6.07) is 12.0. The minimum absolute atomic E-state index is 0.151. The molecule has 246 valence electrons. The molecule has 3 aliphatic rings. The first-order valence-electron chi connectivity index (χ1n) is 16.3. The summed E-state index contributed by atoms with van der Waals surface area (Å²) in [5.74, 6) is -1.23. The van der Waals surface area contributed by atoms with Gasteiger partial charge in [-0.3, -0.25) is 14.4 Å². The molecule has 1 N–H and O–H groups in total. The molecular weight excluding hydrogens is 598 g/mol. The van der Waals surface area contributed by atoms with E-state index in [4.69, 9.17) is 4.74 Å². The zero-order valence-electron chi connectivity index (χ0n) is 27.7. The topological polar surface area (TPSA) is 90.4 Å². The normalized spacial score (nSPS) is 26.9. The SMILES string of the molecule is C=CCN(C(=O)[C@@H]1[C@H]2C(=O)N([C@@H](CC)CO)C(C(=O)N(CC=C)c3cc(C)ccc3C)C23CC[C@@]1(C)S3)c1ccc(OCC)cc1. The molecule has 3 saturated heterocycles. The molecule has 9 heteroatoms. The predicted octanol–water partition coefficient (Wildman–Crippen LogP) is 5.69. The number of carbonyl (C=O) groups excluding carboxylic acids is 3. The van der Waals surface area contributed by atoms with Crippen LogP contribution in [0.2, 0.25) is 0 Å². The highest BCUT2D eigenvalue weighted by atomic mass is 32.2. The highest BCUT2D eigenvalue weighted by molar-refractivity contribution is 8.02. The summed E-state index contributed by atoms with van der Waals surface area (Å²) in [5, 5.41) is 10.5. The van der Waals surface area contributed by atoms with Gasteiger partial charge in [0.2, 0.25) is 11.8 Å². The number of aliphatic hydroxyl groups is 1. The third-order valence-electron chi connectivity index (χ3n) is 10.1. The molecule has 2 unspecified atom stereocenters. The van der Waals surface area contributed by atoms with Crippen LogP contribution in [-0.4, -0.2) is 75.6 Å². The van der Waals surface area contributed by atoms with Gasteiger partial charge < -0.3 is 24.5 Å². The molecule has 1 spiro atoms. The third kappa shape index (κ3) is 5.45. The Labute approximate surface area is 277 Å². The fraction of sp³-hybridized carbons (Fsp3) is 0.486. The maximum absolute atomic E-state index is 15.0. The lowest BCUT2D eigenvalue weighted by molar-refractivity contribution is -0.142. The van der Waals surface area contributed by atoms with Gasteiger partial charge in [-0.2, -0.15) is 0 Å². The second-order valence-electron chi connectivity index (χ2n) is 12.9. The van der Waals surface area contributed by atoms with Gasteiger partial charge in [0, 0.05) is 29.2 Å². The van der Waals surface area contributed by atoms with Gasteiger partial charge in [0.1, 0.15) is 11.8 Å². The van der Waals surface area contributed by atoms with Crippen molar-refractivity contribution in [3.05, 3.63) is 78.9 Å². The summed E-state index contributed by atoms with van der Waals surface area (Å²) in [7, 11) is 0. The fourth-order valence-corrected chi connectivity index (χ4v) is 10.3. The molecule has 5 rings (SSSR count). The molecule has 2 bridgehead atoms. The molecule has 3 aliphatic heterocycles. The van der Waals surface area contributed by atoms with Crippen molar-refractivity contribution in [2.75, 3.05) is 36.1 Å². The Bertz CT molecular complexity index is 1510. The highest BCUT2D eigenvalue weighted by Gasteiger charge is 2.78. The Balaban J connectivity index is 1.61. The van der Waals surface area contributed by atoms with Crippen molar-refractivity contribution < 1.29 is 24.2 Å². The number of likely N-dealkylation sites (tertiary alicyclic amines) is 1. The van der Waals surface area contributed by atoms with E-state index in [1.165, 1.54) is 0 Å². The van der Waals surface area contributed by atoms with Crippen LogP contribution in [0.4, 0.5) is 11.4 Å². The number of nitrogens with zero attached hydrogens (tertiary/aromatic N) is 3. The summed E-state index contributed by atoms with van der Waals surface area (Å²) in [6.07, 6.45) is 5.20. The van der Waals surface area contributed by atoms with Crippen LogP contribution >= 0.6 is 11.8 Å². The highest BCUT2D eigenvalue weighted by Crippen LogP contribution is 2.72. The first-order chi connectivity index (χ1) is 22.0. The quantitative estimate of drug-likeness (QED) is 0.282. The maximum Gasteiger partial charge on any atom is 0.251 e. The Hall–Kier alpha value is -3.56. The van der Waals surface area contributed by atoms with Crippen molar-refractivity contribution in [1.29, 1.82) is 0 Å². The fourth-order valence-electron chi connectivity index (χ4n) is 7.93. The van der Waals surface area contributed by atoms with E-state index in [1.54, 1.807) is 38.6 Å². The monoisotopic (exact) mass is 645 g/mol. The number of benzene rings is 2. The summed E-state index contributed by atoms with van der Waals surface area (Å²) in [6.45, 7) is 18.5. The van der Waals surface area contributed by atoms with Crippen LogP contribution in [0.3, 0.4) is 0 Å². The minimum atomic E-state index is -0.843. The molecule has 6 atom stereocenters. The molecule has 0 radical (unpaired) electrons. The van der Waals surface area contributed by atoms with E-state index in [2.05, 4.69) is 20.1 Å². The molecule has 2 aromatic rings. The van der Waals surface area contributed by atoms with Crippen LogP contribution in [0, 0.1) is 25.7 Å². The lowest BCUT2D eigenvalue weighted by atomic mass is 9.66. The number of ether oxygens (including phenoxy) is 1. The number of carbonyl (C=O) groups is 3. The number of amides is 3. The average molecular weight is 646 g/mol. The van der Waals surface area contributed by atoms with E-state index in [0.717, 1.165) is 16.8 Å². The van der Waals surface area contributed by atoms with Crippen LogP contribution in [0.15, 0.2) is 67.8 Å². The predicted molar refractivity (Wildman–Crippen MR) is 185 cm³/mol. The number of aliphatic hydroxyl groups excluding tert-OH is 1. The number of anilines is 2. The number of rotatable bonds is 13. The second kappa shape index (κ2) is 13.3. The molecule has 2 aromatic carbocycles. The maximum atomic E-state index is 15.0. The van der Waals surface area contributed by atoms with E-state index in [1.807, 2.05) is 70.2 Å². The number of aryl methyl sites for hydroxylation is 2. The van der Waals surface area contributed by atoms with Crippen molar-refractivity contribution >= 4 is 40.9 Å². The Morgan fingerprint density at radius 2 is 1.74 bits per heavy atom. The smallest absolute Gasteiger partial charge is 0.251 e. The second-order valence-corrected chi connectivity index (χ2v) is 14.8. The summed E-state index contributed by atoms with van der Waals surface area (Å²) >= 11 is 1.64. The molecule has 46 heavy (non-hydrogen) atoms. The summed E-state index contributed by atoms with van der Waals surface area (Å²) in [4.78, 5) is 49.6. The number of hydrogen-bond donors (Lipinski definition) is 1. The van der Waals surface area contributed by atoms with Gasteiger partial charge in [0.25, 0.3) is 5.91 Å². The van der Waals surface area contributed by atoms with Crippen LogP contribution < -0.4 is 14.5 Å². The van der Waals surface area contributed by atoms with Gasteiger partial charge in [-0.1, -0.05) is 31.2 Å². The summed E-state index contributed by atoms with van der Waals surface area (Å²) < 4.78 is 4.26. The lowest BCUT2D eigenvalue weighted by Crippen LogP contribution is -2.57. The van der Waals surface area contributed by atoms with E-state index in [9.17, 15) is 14.7 Å². The van der Waals surface area contributed by atoms with E-state index in [-0.39, 0.29) is 37.4 Å². The lowest BCUT2D eigenvalue weighted by Gasteiger charge is -2.39. The molecule has 3 heterocycles. The first kappa shape index (κ1) is 33.8. The molecule has 0 aliphatic carbocycles. The Morgan fingerprint density at radius 1 is 1.07 bits per heavy atom. The van der Waals surface area contributed by atoms with Crippen molar-refractivity contribution in [1.82, 2.24) is 4.90 Å². The third-order valence-corrected chi connectivity index (χ3v) is 12.0. The molecular formula is C37H47N3O5S. The first-order valence-corrected chi connectivity index (χ1v) is 17.1. The van der Waals surface area contributed by atoms with Gasteiger partial charge in [-0.05, 0) is 88.4 Å². The Morgan fingerprint density at radius 3 is 2.35 bits per heavy atom. The van der Waals surface area contributed by atoms with Crippen molar-refractivity contribution in [2.45, 2.75) is 75.5 Å². The van der Waals surface area contributed by atoms with Gasteiger partial charge in [-0.15, -0.1) is 24.9 Å². The van der Waals surface area contributed by atoms with E-state index < -0.39 is 33.4 Å². The van der Waals surface area contributed by atoms with Crippen LogP contribution in [0.25, 0.3) is 0 Å². The largest absolute Gasteiger partial charge is 0.494 e. The van der Waals surface area contributed by atoms with Crippen molar-refractivity contribution in [3.8, 4) is 5.75 Å². The average Bonchev–Trinajstić information content (AvgIpc) is 3.61. The zero-order valence-corrected chi connectivity index (χ0v) is 28.5.